The van der Waals surface area contributed by atoms with Gasteiger partial charge in [0.2, 0.25) is 0 Å². The molecule has 0 aromatic heterocycles. The van der Waals surface area contributed by atoms with E-state index in [2.05, 4.69) is 15.9 Å². The standard InChI is InChI=1S/C16H18BrFN2/c1-20(2)14-6-3-11(4-7-14)16(19)10-12-9-13(18)5-8-15(12)17/h3-9,16H,10,19H2,1-2H3. The first kappa shape index (κ1) is 15.0. The number of hydrogen-bond donors (Lipinski definition) is 1. The Morgan fingerprint density at radius 1 is 1.15 bits per heavy atom. The lowest BCUT2D eigenvalue weighted by Gasteiger charge is -2.16. The lowest BCUT2D eigenvalue weighted by atomic mass is 9.99. The molecule has 0 heterocycles. The van der Waals surface area contributed by atoms with Gasteiger partial charge < -0.3 is 10.6 Å². The summed E-state index contributed by atoms with van der Waals surface area (Å²) in [5.74, 6) is -0.238. The molecule has 0 fully saturated rings. The molecule has 0 bridgehead atoms. The van der Waals surface area contributed by atoms with Crippen LogP contribution >= 0.6 is 15.9 Å². The Labute approximate surface area is 127 Å². The Hall–Kier alpha value is -1.39. The molecule has 0 aliphatic rings. The number of nitrogens with zero attached hydrogens (tertiary/aromatic N) is 1. The van der Waals surface area contributed by atoms with Crippen LogP contribution in [0.4, 0.5) is 10.1 Å². The van der Waals surface area contributed by atoms with Crippen molar-refractivity contribution in [2.24, 2.45) is 5.73 Å². The van der Waals surface area contributed by atoms with Crippen LogP contribution in [0.25, 0.3) is 0 Å². The summed E-state index contributed by atoms with van der Waals surface area (Å²) in [7, 11) is 4.00. The predicted octanol–water partition coefficient (Wildman–Crippen LogP) is 3.90. The van der Waals surface area contributed by atoms with Crippen molar-refractivity contribution >= 4 is 21.6 Å². The van der Waals surface area contributed by atoms with Crippen LogP contribution in [0.3, 0.4) is 0 Å². The van der Waals surface area contributed by atoms with E-state index >= 15 is 0 Å². The van der Waals surface area contributed by atoms with Crippen molar-refractivity contribution in [3.63, 3.8) is 0 Å². The molecular formula is C16H18BrFN2. The Kier molecular flexibility index (Phi) is 4.78. The molecule has 0 amide bonds. The maximum atomic E-state index is 13.3. The molecule has 1 unspecified atom stereocenters. The summed E-state index contributed by atoms with van der Waals surface area (Å²) in [6.45, 7) is 0. The second-order valence-electron chi connectivity index (χ2n) is 5.03. The molecule has 2 aromatic rings. The summed E-state index contributed by atoms with van der Waals surface area (Å²) in [6.07, 6.45) is 0.597. The molecule has 1 atom stereocenters. The molecule has 2 rings (SSSR count). The number of rotatable bonds is 4. The van der Waals surface area contributed by atoms with E-state index in [9.17, 15) is 4.39 Å². The van der Waals surface area contributed by atoms with Crippen LogP contribution in [-0.2, 0) is 6.42 Å². The minimum atomic E-state index is -0.238. The SMILES string of the molecule is CN(C)c1ccc(C(N)Cc2cc(F)ccc2Br)cc1. The van der Waals surface area contributed by atoms with Crippen LogP contribution in [0.5, 0.6) is 0 Å². The van der Waals surface area contributed by atoms with Gasteiger partial charge in [0.05, 0.1) is 0 Å². The molecule has 20 heavy (non-hydrogen) atoms. The largest absolute Gasteiger partial charge is 0.378 e. The van der Waals surface area contributed by atoms with Crippen LogP contribution in [0, 0.1) is 5.82 Å². The number of hydrogen-bond acceptors (Lipinski definition) is 2. The molecule has 2 aromatic carbocycles. The Balaban J connectivity index is 2.15. The smallest absolute Gasteiger partial charge is 0.123 e. The molecule has 2 N–H and O–H groups in total. The van der Waals surface area contributed by atoms with Crippen molar-refractivity contribution in [2.75, 3.05) is 19.0 Å². The van der Waals surface area contributed by atoms with Gasteiger partial charge in [-0.15, -0.1) is 0 Å². The highest BCUT2D eigenvalue weighted by Crippen LogP contribution is 2.24. The van der Waals surface area contributed by atoms with E-state index in [1.165, 1.54) is 12.1 Å². The van der Waals surface area contributed by atoms with E-state index in [-0.39, 0.29) is 11.9 Å². The van der Waals surface area contributed by atoms with E-state index in [4.69, 9.17) is 5.73 Å². The highest BCUT2D eigenvalue weighted by Gasteiger charge is 2.10. The van der Waals surface area contributed by atoms with E-state index in [1.807, 2.05) is 43.3 Å². The second-order valence-corrected chi connectivity index (χ2v) is 5.89. The molecule has 2 nitrogen and oxygen atoms in total. The summed E-state index contributed by atoms with van der Waals surface area (Å²) in [5.41, 5.74) is 9.28. The number of halogens is 2. The predicted molar refractivity (Wildman–Crippen MR) is 85.5 cm³/mol. The minimum Gasteiger partial charge on any atom is -0.378 e. The third kappa shape index (κ3) is 3.58. The van der Waals surface area contributed by atoms with E-state index in [0.717, 1.165) is 21.3 Å². The number of benzene rings is 2. The summed E-state index contributed by atoms with van der Waals surface area (Å²) in [4.78, 5) is 2.04. The highest BCUT2D eigenvalue weighted by molar-refractivity contribution is 9.10. The molecule has 4 heteroatoms. The van der Waals surface area contributed by atoms with Crippen molar-refractivity contribution in [3.8, 4) is 0 Å². The quantitative estimate of drug-likeness (QED) is 0.917. The third-order valence-electron chi connectivity index (χ3n) is 3.29. The van der Waals surface area contributed by atoms with Crippen molar-refractivity contribution < 1.29 is 4.39 Å². The van der Waals surface area contributed by atoms with Gasteiger partial charge in [0, 0.05) is 30.3 Å². The molecule has 0 saturated carbocycles. The zero-order valence-corrected chi connectivity index (χ0v) is 13.2. The summed E-state index contributed by atoms with van der Waals surface area (Å²) >= 11 is 3.43. The van der Waals surface area contributed by atoms with E-state index in [1.54, 1.807) is 6.07 Å². The monoisotopic (exact) mass is 336 g/mol. The van der Waals surface area contributed by atoms with Gasteiger partial charge in [-0.2, -0.15) is 0 Å². The first-order valence-corrected chi connectivity index (χ1v) is 7.23. The number of nitrogens with two attached hydrogens (primary N) is 1. The topological polar surface area (TPSA) is 29.3 Å². The fourth-order valence-corrected chi connectivity index (χ4v) is 2.48. The minimum absolute atomic E-state index is 0.149. The first-order valence-electron chi connectivity index (χ1n) is 6.44. The van der Waals surface area contributed by atoms with Gasteiger partial charge in [-0.25, -0.2) is 4.39 Å². The van der Waals surface area contributed by atoms with Gasteiger partial charge in [-0.3, -0.25) is 0 Å². The molecule has 106 valence electrons. The van der Waals surface area contributed by atoms with Crippen molar-refractivity contribution in [1.29, 1.82) is 0 Å². The van der Waals surface area contributed by atoms with Gasteiger partial charge in [0.1, 0.15) is 5.82 Å². The third-order valence-corrected chi connectivity index (χ3v) is 4.06. The summed E-state index contributed by atoms with van der Waals surface area (Å²) < 4.78 is 14.2. The number of anilines is 1. The molecule has 0 spiro atoms. The van der Waals surface area contributed by atoms with Gasteiger partial charge in [-0.05, 0) is 47.9 Å². The van der Waals surface area contributed by atoms with Gasteiger partial charge in [0.25, 0.3) is 0 Å². The zero-order chi connectivity index (χ0) is 14.7. The molecule has 0 radical (unpaired) electrons. The maximum Gasteiger partial charge on any atom is 0.123 e. The van der Waals surface area contributed by atoms with E-state index < -0.39 is 0 Å². The van der Waals surface area contributed by atoms with Crippen LogP contribution < -0.4 is 10.6 Å². The molecule has 0 aliphatic heterocycles. The summed E-state index contributed by atoms with van der Waals surface area (Å²) in [5, 5.41) is 0. The fraction of sp³-hybridized carbons (Fsp3) is 0.250. The van der Waals surface area contributed by atoms with Crippen molar-refractivity contribution in [2.45, 2.75) is 12.5 Å². The highest BCUT2D eigenvalue weighted by atomic mass is 79.9. The fourth-order valence-electron chi connectivity index (χ4n) is 2.07. The van der Waals surface area contributed by atoms with Crippen molar-refractivity contribution in [3.05, 3.63) is 63.9 Å². The van der Waals surface area contributed by atoms with Crippen LogP contribution in [-0.4, -0.2) is 14.1 Å². The van der Waals surface area contributed by atoms with Gasteiger partial charge >= 0.3 is 0 Å². The lowest BCUT2D eigenvalue weighted by molar-refractivity contribution is 0.621. The normalized spacial score (nSPS) is 12.2. The Bertz CT molecular complexity index is 582. The van der Waals surface area contributed by atoms with Crippen molar-refractivity contribution in [1.82, 2.24) is 0 Å². The van der Waals surface area contributed by atoms with Crippen LogP contribution in [0.15, 0.2) is 46.9 Å². The zero-order valence-electron chi connectivity index (χ0n) is 11.6. The Morgan fingerprint density at radius 3 is 2.40 bits per heavy atom. The second kappa shape index (κ2) is 6.37. The summed E-state index contributed by atoms with van der Waals surface area (Å²) in [6, 6.07) is 12.6. The average molecular weight is 337 g/mol. The van der Waals surface area contributed by atoms with Gasteiger partial charge in [0.15, 0.2) is 0 Å². The van der Waals surface area contributed by atoms with Gasteiger partial charge in [-0.1, -0.05) is 28.1 Å². The average Bonchev–Trinajstić information content (AvgIpc) is 2.43. The Morgan fingerprint density at radius 2 is 1.80 bits per heavy atom. The lowest BCUT2D eigenvalue weighted by Crippen LogP contribution is -2.14. The molecular weight excluding hydrogens is 319 g/mol. The first-order chi connectivity index (χ1) is 9.47. The van der Waals surface area contributed by atoms with E-state index in [0.29, 0.717) is 6.42 Å². The maximum absolute atomic E-state index is 13.3. The molecule has 0 saturated heterocycles. The molecule has 0 aliphatic carbocycles. The van der Waals surface area contributed by atoms with Crippen LogP contribution in [0.2, 0.25) is 0 Å². The van der Waals surface area contributed by atoms with Crippen LogP contribution in [0.1, 0.15) is 17.2 Å².